The first-order valence-electron chi connectivity index (χ1n) is 8.52. The van der Waals surface area contributed by atoms with Crippen molar-refractivity contribution in [2.75, 3.05) is 11.9 Å². The van der Waals surface area contributed by atoms with Crippen LogP contribution in [0.3, 0.4) is 0 Å². The molecule has 1 aliphatic rings. The van der Waals surface area contributed by atoms with Crippen LogP contribution in [0.1, 0.15) is 49.3 Å². The van der Waals surface area contributed by atoms with Crippen molar-refractivity contribution in [3.63, 3.8) is 0 Å². The van der Waals surface area contributed by atoms with Crippen molar-refractivity contribution in [1.29, 1.82) is 0 Å². The second kappa shape index (κ2) is 6.95. The van der Waals surface area contributed by atoms with E-state index in [1.54, 1.807) is 0 Å². The largest absolute Gasteiger partial charge is 0.494 e. The predicted molar refractivity (Wildman–Crippen MR) is 96.3 cm³/mol. The third-order valence-corrected chi connectivity index (χ3v) is 4.17. The van der Waals surface area contributed by atoms with Crippen LogP contribution in [0.25, 0.3) is 0 Å². The summed E-state index contributed by atoms with van der Waals surface area (Å²) in [6, 6.07) is 15.7. The molecule has 0 fully saturated rings. The van der Waals surface area contributed by atoms with Gasteiger partial charge in [-0.15, -0.1) is 0 Å². The lowest BCUT2D eigenvalue weighted by atomic mass is 10.0. The van der Waals surface area contributed by atoms with E-state index in [4.69, 9.17) is 4.74 Å². The molecule has 1 heterocycles. The Labute approximate surface area is 143 Å². The summed E-state index contributed by atoms with van der Waals surface area (Å²) in [5, 5.41) is 3.51. The molecule has 0 bridgehead atoms. The highest BCUT2D eigenvalue weighted by molar-refractivity contribution is 6.01. The smallest absolute Gasteiger partial charge is 0.258 e. The van der Waals surface area contributed by atoms with Gasteiger partial charge < -0.3 is 15.0 Å². The molecule has 1 unspecified atom stereocenters. The Balaban J connectivity index is 1.98. The fourth-order valence-electron chi connectivity index (χ4n) is 3.04. The minimum atomic E-state index is -0.197. The molecule has 0 aliphatic carbocycles. The van der Waals surface area contributed by atoms with Crippen LogP contribution in [0.5, 0.6) is 5.75 Å². The van der Waals surface area contributed by atoms with Gasteiger partial charge in [0.1, 0.15) is 11.9 Å². The number of nitrogens with zero attached hydrogens (tertiary/aromatic N) is 1. The van der Waals surface area contributed by atoms with Gasteiger partial charge in [0.2, 0.25) is 0 Å². The molecule has 0 radical (unpaired) electrons. The number of amides is 1. The molecule has 4 heteroatoms. The van der Waals surface area contributed by atoms with E-state index in [2.05, 4.69) is 12.2 Å². The number of benzene rings is 2. The Hall–Kier alpha value is -2.49. The van der Waals surface area contributed by atoms with Crippen LogP contribution in [0.2, 0.25) is 0 Å². The number of nitrogens with one attached hydrogen (secondary N) is 1. The van der Waals surface area contributed by atoms with Crippen LogP contribution in [0.4, 0.5) is 5.69 Å². The minimum Gasteiger partial charge on any atom is -0.494 e. The third-order valence-electron chi connectivity index (χ3n) is 4.17. The summed E-state index contributed by atoms with van der Waals surface area (Å²) >= 11 is 0. The zero-order chi connectivity index (χ0) is 17.1. The van der Waals surface area contributed by atoms with Gasteiger partial charge in [-0.05, 0) is 50.1 Å². The maximum atomic E-state index is 13.0. The van der Waals surface area contributed by atoms with Gasteiger partial charge in [-0.25, -0.2) is 0 Å². The van der Waals surface area contributed by atoms with Gasteiger partial charge in [-0.2, -0.15) is 0 Å². The van der Waals surface area contributed by atoms with E-state index in [9.17, 15) is 4.79 Å². The number of anilines is 1. The monoisotopic (exact) mass is 324 g/mol. The van der Waals surface area contributed by atoms with Gasteiger partial charge in [-0.3, -0.25) is 4.79 Å². The van der Waals surface area contributed by atoms with E-state index in [-0.39, 0.29) is 18.1 Å². The maximum absolute atomic E-state index is 13.0. The van der Waals surface area contributed by atoms with E-state index in [0.29, 0.717) is 6.61 Å². The number of hydrogen-bond donors (Lipinski definition) is 1. The number of carbonyl (C=O) groups excluding carboxylic acids is 1. The van der Waals surface area contributed by atoms with E-state index >= 15 is 0 Å². The molecular weight excluding hydrogens is 300 g/mol. The SMILES string of the molecule is CCCOc1cccc(C2Nc3ccccc3C(=O)N2C(C)C)c1. The Morgan fingerprint density at radius 1 is 1.17 bits per heavy atom. The molecule has 0 saturated carbocycles. The third kappa shape index (κ3) is 3.09. The van der Waals surface area contributed by atoms with Crippen molar-refractivity contribution < 1.29 is 9.53 Å². The van der Waals surface area contributed by atoms with Gasteiger partial charge >= 0.3 is 0 Å². The van der Waals surface area contributed by atoms with Crippen molar-refractivity contribution >= 4 is 11.6 Å². The van der Waals surface area contributed by atoms with Gasteiger partial charge in [-0.1, -0.05) is 31.2 Å². The summed E-state index contributed by atoms with van der Waals surface area (Å²) in [4.78, 5) is 14.8. The van der Waals surface area contributed by atoms with Crippen LogP contribution in [-0.2, 0) is 0 Å². The van der Waals surface area contributed by atoms with Crippen molar-refractivity contribution in [2.24, 2.45) is 0 Å². The summed E-state index contributed by atoms with van der Waals surface area (Å²) in [6.07, 6.45) is 0.771. The Morgan fingerprint density at radius 2 is 1.96 bits per heavy atom. The number of para-hydroxylation sites is 1. The van der Waals surface area contributed by atoms with E-state index in [1.807, 2.05) is 67.3 Å². The molecule has 126 valence electrons. The van der Waals surface area contributed by atoms with Crippen LogP contribution < -0.4 is 10.1 Å². The number of ether oxygens (including phenoxy) is 1. The van der Waals surface area contributed by atoms with Crippen LogP contribution in [0.15, 0.2) is 48.5 Å². The molecule has 1 amide bonds. The standard InChI is InChI=1S/C20H24N2O2/c1-4-12-24-16-9-7-8-15(13-16)19-21-18-11-6-5-10-17(18)20(23)22(19)14(2)3/h5-11,13-14,19,21H,4,12H2,1-3H3. The van der Waals surface area contributed by atoms with E-state index in [0.717, 1.165) is 29.0 Å². The minimum absolute atomic E-state index is 0.0595. The molecule has 0 spiro atoms. The van der Waals surface area contributed by atoms with Crippen molar-refractivity contribution in [2.45, 2.75) is 39.4 Å². The summed E-state index contributed by atoms with van der Waals surface area (Å²) < 4.78 is 5.75. The van der Waals surface area contributed by atoms with Crippen molar-refractivity contribution in [3.05, 3.63) is 59.7 Å². The normalized spacial score (nSPS) is 16.8. The maximum Gasteiger partial charge on any atom is 0.258 e. The quantitative estimate of drug-likeness (QED) is 0.883. The molecule has 24 heavy (non-hydrogen) atoms. The Bertz CT molecular complexity index is 727. The topological polar surface area (TPSA) is 41.6 Å². The molecule has 2 aromatic rings. The average Bonchev–Trinajstić information content (AvgIpc) is 2.59. The number of hydrogen-bond acceptors (Lipinski definition) is 3. The lowest BCUT2D eigenvalue weighted by Crippen LogP contribution is -2.46. The van der Waals surface area contributed by atoms with Crippen LogP contribution >= 0.6 is 0 Å². The van der Waals surface area contributed by atoms with Gasteiger partial charge in [0.15, 0.2) is 0 Å². The van der Waals surface area contributed by atoms with Crippen molar-refractivity contribution in [3.8, 4) is 5.75 Å². The fourth-order valence-corrected chi connectivity index (χ4v) is 3.04. The first-order valence-corrected chi connectivity index (χ1v) is 8.52. The highest BCUT2D eigenvalue weighted by Crippen LogP contribution is 2.35. The zero-order valence-corrected chi connectivity index (χ0v) is 14.5. The molecule has 0 saturated heterocycles. The summed E-state index contributed by atoms with van der Waals surface area (Å²) in [5.74, 6) is 0.899. The molecular formula is C20H24N2O2. The Kier molecular flexibility index (Phi) is 4.74. The van der Waals surface area contributed by atoms with Crippen molar-refractivity contribution in [1.82, 2.24) is 4.90 Å². The number of fused-ring (bicyclic) bond motifs is 1. The highest BCUT2D eigenvalue weighted by Gasteiger charge is 2.34. The zero-order valence-electron chi connectivity index (χ0n) is 14.5. The fraction of sp³-hybridized carbons (Fsp3) is 0.350. The second-order valence-corrected chi connectivity index (χ2v) is 6.32. The molecule has 3 rings (SSSR count). The second-order valence-electron chi connectivity index (χ2n) is 6.32. The molecule has 1 aliphatic heterocycles. The lowest BCUT2D eigenvalue weighted by molar-refractivity contribution is 0.0616. The number of rotatable bonds is 5. The molecule has 2 aromatic carbocycles. The van der Waals surface area contributed by atoms with Crippen LogP contribution in [-0.4, -0.2) is 23.5 Å². The van der Waals surface area contributed by atoms with Crippen LogP contribution in [0, 0.1) is 0 Å². The molecule has 1 atom stereocenters. The van der Waals surface area contributed by atoms with E-state index in [1.165, 1.54) is 0 Å². The summed E-state index contributed by atoms with van der Waals surface area (Å²) in [7, 11) is 0. The molecule has 1 N–H and O–H groups in total. The summed E-state index contributed by atoms with van der Waals surface area (Å²) in [6.45, 7) is 6.86. The Morgan fingerprint density at radius 3 is 2.71 bits per heavy atom. The predicted octanol–water partition coefficient (Wildman–Crippen LogP) is 4.45. The summed E-state index contributed by atoms with van der Waals surface area (Å²) in [5.41, 5.74) is 2.63. The highest BCUT2D eigenvalue weighted by atomic mass is 16.5. The first kappa shape index (κ1) is 16.4. The lowest BCUT2D eigenvalue weighted by Gasteiger charge is -2.40. The number of carbonyl (C=O) groups is 1. The van der Waals surface area contributed by atoms with Gasteiger partial charge in [0, 0.05) is 11.7 Å². The van der Waals surface area contributed by atoms with E-state index < -0.39 is 0 Å². The molecule has 0 aromatic heterocycles. The van der Waals surface area contributed by atoms with Gasteiger partial charge in [0.05, 0.1) is 12.2 Å². The first-order chi connectivity index (χ1) is 11.6. The molecule has 4 nitrogen and oxygen atoms in total. The van der Waals surface area contributed by atoms with Gasteiger partial charge in [0.25, 0.3) is 5.91 Å². The average molecular weight is 324 g/mol.